The molecule has 3 amide bonds. The Morgan fingerprint density at radius 1 is 0.903 bits per heavy atom. The van der Waals surface area contributed by atoms with Crippen molar-refractivity contribution in [1.29, 1.82) is 0 Å². The summed E-state index contributed by atoms with van der Waals surface area (Å²) in [5.41, 5.74) is 3.24. The zero-order chi connectivity index (χ0) is 21.8. The number of nitrogens with zero attached hydrogens (tertiary/aromatic N) is 3. The maximum Gasteiger partial charge on any atom is 0.261 e. The molecule has 4 rings (SSSR count). The van der Waals surface area contributed by atoms with Gasteiger partial charge in [0.25, 0.3) is 11.8 Å². The molecule has 2 aromatic rings. The van der Waals surface area contributed by atoms with E-state index in [4.69, 9.17) is 0 Å². The van der Waals surface area contributed by atoms with Gasteiger partial charge in [-0.3, -0.25) is 19.3 Å². The minimum absolute atomic E-state index is 0.0108. The Morgan fingerprint density at radius 3 is 2.13 bits per heavy atom. The molecule has 2 aliphatic heterocycles. The lowest BCUT2D eigenvalue weighted by Gasteiger charge is -2.29. The predicted octanol–water partition coefficient (Wildman–Crippen LogP) is 3.71. The second-order valence-corrected chi connectivity index (χ2v) is 8.38. The van der Waals surface area contributed by atoms with E-state index in [1.807, 2.05) is 0 Å². The van der Waals surface area contributed by atoms with Gasteiger partial charge in [-0.2, -0.15) is 0 Å². The van der Waals surface area contributed by atoms with Crippen molar-refractivity contribution >= 4 is 23.4 Å². The molecular formula is C25H29N3O3. The third-order valence-electron chi connectivity index (χ3n) is 6.15. The fraction of sp³-hybridized carbons (Fsp3) is 0.400. The molecule has 1 saturated heterocycles. The van der Waals surface area contributed by atoms with Gasteiger partial charge in [0.1, 0.15) is 0 Å². The summed E-state index contributed by atoms with van der Waals surface area (Å²) in [7, 11) is 1.79. The summed E-state index contributed by atoms with van der Waals surface area (Å²) in [4.78, 5) is 42.7. The van der Waals surface area contributed by atoms with Crippen LogP contribution >= 0.6 is 0 Å². The number of fused-ring (bicyclic) bond motifs is 1. The molecular weight excluding hydrogens is 390 g/mol. The maximum absolute atomic E-state index is 12.5. The molecule has 0 atom stereocenters. The number of benzene rings is 2. The zero-order valence-corrected chi connectivity index (χ0v) is 18.0. The lowest BCUT2D eigenvalue weighted by Crippen LogP contribution is -2.32. The third-order valence-corrected chi connectivity index (χ3v) is 6.15. The average Bonchev–Trinajstić information content (AvgIpc) is 3.05. The van der Waals surface area contributed by atoms with Gasteiger partial charge in [0, 0.05) is 45.3 Å². The molecule has 6 nitrogen and oxygen atoms in total. The normalized spacial score (nSPS) is 15.9. The van der Waals surface area contributed by atoms with E-state index in [2.05, 4.69) is 29.2 Å². The number of imide groups is 1. The van der Waals surface area contributed by atoms with Crippen LogP contribution in [0.25, 0.3) is 0 Å². The van der Waals surface area contributed by atoms with Crippen molar-refractivity contribution in [3.63, 3.8) is 0 Å². The zero-order valence-electron chi connectivity index (χ0n) is 18.0. The summed E-state index contributed by atoms with van der Waals surface area (Å²) in [6.45, 7) is 3.04. The Labute approximate surface area is 183 Å². The molecule has 0 aliphatic carbocycles. The molecule has 0 spiro atoms. The lowest BCUT2D eigenvalue weighted by atomic mass is 10.1. The average molecular weight is 420 g/mol. The highest BCUT2D eigenvalue weighted by Gasteiger charge is 2.34. The third kappa shape index (κ3) is 4.63. The van der Waals surface area contributed by atoms with Crippen LogP contribution in [0.4, 0.5) is 5.69 Å². The smallest absolute Gasteiger partial charge is 0.261 e. The number of piperidine rings is 1. The van der Waals surface area contributed by atoms with Gasteiger partial charge in [-0.25, -0.2) is 0 Å². The highest BCUT2D eigenvalue weighted by Crippen LogP contribution is 2.23. The van der Waals surface area contributed by atoms with E-state index in [-0.39, 0.29) is 24.3 Å². The van der Waals surface area contributed by atoms with Gasteiger partial charge in [0.05, 0.1) is 11.1 Å². The first kappa shape index (κ1) is 21.1. The Balaban J connectivity index is 1.25. The first-order valence-electron chi connectivity index (χ1n) is 11.1. The molecule has 0 radical (unpaired) electrons. The van der Waals surface area contributed by atoms with Crippen molar-refractivity contribution in [2.45, 2.75) is 38.6 Å². The molecule has 2 aromatic carbocycles. The molecule has 0 saturated carbocycles. The van der Waals surface area contributed by atoms with Crippen LogP contribution in [0.15, 0.2) is 48.5 Å². The monoisotopic (exact) mass is 419 g/mol. The van der Waals surface area contributed by atoms with Crippen molar-refractivity contribution in [3.05, 3.63) is 65.2 Å². The number of hydrogen-bond acceptors (Lipinski definition) is 4. The number of anilines is 1. The second kappa shape index (κ2) is 9.33. The minimum Gasteiger partial charge on any atom is -0.372 e. The van der Waals surface area contributed by atoms with E-state index < -0.39 is 0 Å². The quantitative estimate of drug-likeness (QED) is 0.642. The highest BCUT2D eigenvalue weighted by molar-refractivity contribution is 6.21. The van der Waals surface area contributed by atoms with Gasteiger partial charge < -0.3 is 9.80 Å². The van der Waals surface area contributed by atoms with Gasteiger partial charge in [-0.05, 0) is 55.5 Å². The summed E-state index contributed by atoms with van der Waals surface area (Å²) < 4.78 is 0. The van der Waals surface area contributed by atoms with E-state index in [0.717, 1.165) is 18.7 Å². The Kier molecular flexibility index (Phi) is 6.35. The van der Waals surface area contributed by atoms with Crippen LogP contribution in [0.1, 0.15) is 58.4 Å². The molecule has 0 unspecified atom stereocenters. The molecule has 2 heterocycles. The highest BCUT2D eigenvalue weighted by atomic mass is 16.2. The molecule has 0 N–H and O–H groups in total. The second-order valence-electron chi connectivity index (χ2n) is 8.38. The van der Waals surface area contributed by atoms with Gasteiger partial charge in [-0.15, -0.1) is 0 Å². The van der Waals surface area contributed by atoms with Gasteiger partial charge in [0.15, 0.2) is 0 Å². The van der Waals surface area contributed by atoms with Crippen LogP contribution < -0.4 is 4.90 Å². The van der Waals surface area contributed by atoms with Crippen molar-refractivity contribution in [2.24, 2.45) is 0 Å². The summed E-state index contributed by atoms with van der Waals surface area (Å²) >= 11 is 0. The number of rotatable bonds is 7. The van der Waals surface area contributed by atoms with E-state index in [0.29, 0.717) is 30.5 Å². The maximum atomic E-state index is 12.5. The molecule has 31 heavy (non-hydrogen) atoms. The van der Waals surface area contributed by atoms with Crippen LogP contribution in [0, 0.1) is 0 Å². The van der Waals surface area contributed by atoms with Gasteiger partial charge >= 0.3 is 0 Å². The molecule has 1 fully saturated rings. The van der Waals surface area contributed by atoms with Crippen molar-refractivity contribution in [2.75, 3.05) is 31.6 Å². The Bertz CT molecular complexity index is 929. The summed E-state index contributed by atoms with van der Waals surface area (Å²) in [6, 6.07) is 15.3. The fourth-order valence-corrected chi connectivity index (χ4v) is 4.35. The first-order chi connectivity index (χ1) is 15.0. The summed E-state index contributed by atoms with van der Waals surface area (Å²) in [6.07, 6.45) is 4.58. The Morgan fingerprint density at radius 2 is 1.52 bits per heavy atom. The van der Waals surface area contributed by atoms with Crippen LogP contribution in [0.5, 0.6) is 0 Å². The van der Waals surface area contributed by atoms with Gasteiger partial charge in [-0.1, -0.05) is 24.3 Å². The van der Waals surface area contributed by atoms with E-state index in [9.17, 15) is 14.4 Å². The summed E-state index contributed by atoms with van der Waals surface area (Å²) in [5, 5.41) is 0. The van der Waals surface area contributed by atoms with E-state index in [1.165, 1.54) is 29.8 Å². The van der Waals surface area contributed by atoms with Crippen LogP contribution in [0.2, 0.25) is 0 Å². The van der Waals surface area contributed by atoms with Crippen LogP contribution in [0.3, 0.4) is 0 Å². The summed E-state index contributed by atoms with van der Waals surface area (Å²) in [5.74, 6) is -0.526. The largest absolute Gasteiger partial charge is 0.372 e. The van der Waals surface area contributed by atoms with Crippen LogP contribution in [-0.4, -0.2) is 54.2 Å². The predicted molar refractivity (Wildman–Crippen MR) is 120 cm³/mol. The van der Waals surface area contributed by atoms with Gasteiger partial charge in [0.2, 0.25) is 5.91 Å². The van der Waals surface area contributed by atoms with E-state index in [1.54, 1.807) is 36.2 Å². The lowest BCUT2D eigenvalue weighted by molar-refractivity contribution is -0.130. The minimum atomic E-state index is -0.268. The molecule has 6 heteroatoms. The van der Waals surface area contributed by atoms with Crippen molar-refractivity contribution in [1.82, 2.24) is 9.80 Å². The number of amides is 3. The molecule has 0 bridgehead atoms. The standard InChI is InChI=1S/C25H29N3O3/c1-26(18-19-11-13-20(14-12-19)27-15-5-2-6-16-27)23(29)10-7-17-28-24(30)21-8-3-4-9-22(21)25(28)31/h3-4,8-9,11-14H,2,5-7,10,15-18H2,1H3. The number of carbonyl (C=O) groups is 3. The SMILES string of the molecule is CN(Cc1ccc(N2CCCCC2)cc1)C(=O)CCCN1C(=O)c2ccccc2C1=O. The fourth-order valence-electron chi connectivity index (χ4n) is 4.35. The number of carbonyl (C=O) groups excluding carboxylic acids is 3. The Hall–Kier alpha value is -3.15. The molecule has 2 aliphatic rings. The number of hydrogen-bond donors (Lipinski definition) is 0. The van der Waals surface area contributed by atoms with Crippen molar-refractivity contribution in [3.8, 4) is 0 Å². The van der Waals surface area contributed by atoms with Crippen molar-refractivity contribution < 1.29 is 14.4 Å². The van der Waals surface area contributed by atoms with Crippen LogP contribution in [-0.2, 0) is 11.3 Å². The first-order valence-corrected chi connectivity index (χ1v) is 11.1. The van der Waals surface area contributed by atoms with E-state index >= 15 is 0 Å². The topological polar surface area (TPSA) is 60.9 Å². The molecule has 0 aromatic heterocycles. The molecule has 162 valence electrons.